The Kier molecular flexibility index (Phi) is 5.57. The van der Waals surface area contributed by atoms with Crippen LogP contribution in [0.4, 0.5) is 0 Å². The van der Waals surface area contributed by atoms with Gasteiger partial charge in [-0.15, -0.1) is 11.3 Å². The van der Waals surface area contributed by atoms with Crippen molar-refractivity contribution in [2.45, 2.75) is 46.5 Å². The second-order valence-corrected chi connectivity index (χ2v) is 12.1. The average Bonchev–Trinajstić information content (AvgIpc) is 3.48. The summed E-state index contributed by atoms with van der Waals surface area (Å²) in [6.45, 7) is 11.2. The second kappa shape index (κ2) is 9.03. The van der Waals surface area contributed by atoms with Gasteiger partial charge in [0.1, 0.15) is 10.7 Å². The topological polar surface area (TPSA) is 30.7 Å². The van der Waals surface area contributed by atoms with E-state index < -0.39 is 0 Å². The first-order valence-electron chi connectivity index (χ1n) is 13.7. The molecule has 3 aromatic heterocycles. The van der Waals surface area contributed by atoms with Crippen LogP contribution in [0.5, 0.6) is 0 Å². The number of fused-ring (bicyclic) bond motifs is 5. The van der Waals surface area contributed by atoms with Gasteiger partial charge in [-0.1, -0.05) is 82.3 Å². The Bertz CT molecular complexity index is 2010. The summed E-state index contributed by atoms with van der Waals surface area (Å²) < 4.78 is 3.68. The molecule has 4 heteroatoms. The molecule has 0 aliphatic heterocycles. The third-order valence-corrected chi connectivity index (χ3v) is 8.98. The molecular formula is C35H31N3S. The van der Waals surface area contributed by atoms with Gasteiger partial charge in [0.15, 0.2) is 0 Å². The summed E-state index contributed by atoms with van der Waals surface area (Å²) in [6, 6.07) is 30.9. The third kappa shape index (κ3) is 3.77. The third-order valence-electron chi connectivity index (χ3n) is 7.83. The van der Waals surface area contributed by atoms with E-state index in [9.17, 15) is 0 Å². The molecule has 0 radical (unpaired) electrons. The van der Waals surface area contributed by atoms with E-state index in [4.69, 9.17) is 9.97 Å². The molecule has 0 spiro atoms. The number of hydrogen-bond acceptors (Lipinski definition) is 3. The van der Waals surface area contributed by atoms with E-state index in [1.54, 1.807) is 11.3 Å². The molecule has 7 rings (SSSR count). The number of thiophene rings is 1. The monoisotopic (exact) mass is 525 g/mol. The lowest BCUT2D eigenvalue weighted by atomic mass is 9.92. The number of para-hydroxylation sites is 1. The van der Waals surface area contributed by atoms with Gasteiger partial charge in [-0.05, 0) is 71.0 Å². The molecule has 0 N–H and O–H groups in total. The number of aryl methyl sites for hydroxylation is 1. The molecular weight excluding hydrogens is 494 g/mol. The minimum absolute atomic E-state index is 0.372. The zero-order valence-electron chi connectivity index (χ0n) is 23.0. The number of aromatic nitrogens is 3. The first kappa shape index (κ1) is 24.1. The molecule has 39 heavy (non-hydrogen) atoms. The van der Waals surface area contributed by atoms with Crippen LogP contribution in [0.2, 0.25) is 0 Å². The maximum Gasteiger partial charge on any atom is 0.147 e. The smallest absolute Gasteiger partial charge is 0.147 e. The van der Waals surface area contributed by atoms with E-state index in [-0.39, 0.29) is 0 Å². The lowest BCUT2D eigenvalue weighted by Crippen LogP contribution is -2.08. The Morgan fingerprint density at radius 2 is 1.38 bits per heavy atom. The van der Waals surface area contributed by atoms with Gasteiger partial charge in [0.2, 0.25) is 0 Å². The van der Waals surface area contributed by atoms with Crippen LogP contribution in [0.1, 0.15) is 56.4 Å². The van der Waals surface area contributed by atoms with Crippen molar-refractivity contribution in [1.82, 2.24) is 14.5 Å². The standard InChI is InChI=1S/C35H31N3S/c1-20(2)25-12-8-13-26(21(3)4)32(25)38-31-19-24-11-7-6-10-23(24)18-30(31)37-34(38)29-15-9-14-27-28-17-16-22(5)36-35(28)39-33(27)29/h6-21H,1-5H3. The second-order valence-electron chi connectivity index (χ2n) is 11.1. The number of imidazole rings is 1. The molecule has 0 aliphatic carbocycles. The number of rotatable bonds is 4. The highest BCUT2D eigenvalue weighted by Gasteiger charge is 2.24. The average molecular weight is 526 g/mol. The highest BCUT2D eigenvalue weighted by atomic mass is 32.1. The Hall–Kier alpha value is -4.02. The Labute approximate surface area is 232 Å². The van der Waals surface area contributed by atoms with Crippen LogP contribution in [-0.2, 0) is 0 Å². The fraction of sp³-hybridized carbons (Fsp3) is 0.200. The largest absolute Gasteiger partial charge is 0.292 e. The lowest BCUT2D eigenvalue weighted by molar-refractivity contribution is 0.811. The van der Waals surface area contributed by atoms with Crippen molar-refractivity contribution >= 4 is 53.4 Å². The van der Waals surface area contributed by atoms with Crippen LogP contribution < -0.4 is 0 Å². The van der Waals surface area contributed by atoms with Gasteiger partial charge in [-0.3, -0.25) is 4.57 Å². The molecule has 4 aromatic carbocycles. The molecule has 0 amide bonds. The van der Waals surface area contributed by atoms with Crippen LogP contribution in [0.25, 0.3) is 59.2 Å². The summed E-state index contributed by atoms with van der Waals surface area (Å²) in [5.74, 6) is 1.73. The zero-order valence-corrected chi connectivity index (χ0v) is 23.8. The van der Waals surface area contributed by atoms with E-state index in [0.717, 1.165) is 32.9 Å². The highest BCUT2D eigenvalue weighted by Crippen LogP contribution is 2.43. The predicted octanol–water partition coefficient (Wildman–Crippen LogP) is 10.2. The van der Waals surface area contributed by atoms with Crippen molar-refractivity contribution in [1.29, 1.82) is 0 Å². The van der Waals surface area contributed by atoms with Crippen molar-refractivity contribution in [3.8, 4) is 17.1 Å². The summed E-state index contributed by atoms with van der Waals surface area (Å²) in [5, 5.41) is 4.89. The predicted molar refractivity (Wildman–Crippen MR) is 168 cm³/mol. The number of pyridine rings is 1. The fourth-order valence-electron chi connectivity index (χ4n) is 5.89. The minimum Gasteiger partial charge on any atom is -0.292 e. The summed E-state index contributed by atoms with van der Waals surface area (Å²) in [4.78, 5) is 11.4. The van der Waals surface area contributed by atoms with Gasteiger partial charge in [0.05, 0.1) is 16.7 Å². The molecule has 0 aliphatic rings. The van der Waals surface area contributed by atoms with Crippen LogP contribution in [0.15, 0.2) is 84.9 Å². The SMILES string of the molecule is Cc1ccc2c(n1)sc1c(-c3nc4cc5ccccc5cc4n3-c3c(C(C)C)cccc3C(C)C)cccc12. The van der Waals surface area contributed by atoms with Crippen LogP contribution in [-0.4, -0.2) is 14.5 Å². The van der Waals surface area contributed by atoms with Gasteiger partial charge >= 0.3 is 0 Å². The van der Waals surface area contributed by atoms with Gasteiger partial charge in [-0.2, -0.15) is 0 Å². The van der Waals surface area contributed by atoms with Gasteiger partial charge in [0.25, 0.3) is 0 Å². The van der Waals surface area contributed by atoms with Gasteiger partial charge < -0.3 is 0 Å². The van der Waals surface area contributed by atoms with E-state index in [1.165, 1.54) is 43.1 Å². The Morgan fingerprint density at radius 1 is 0.692 bits per heavy atom. The van der Waals surface area contributed by atoms with E-state index in [0.29, 0.717) is 11.8 Å². The molecule has 0 fully saturated rings. The number of hydrogen-bond donors (Lipinski definition) is 0. The normalized spacial score (nSPS) is 12.2. The Balaban J connectivity index is 1.66. The maximum absolute atomic E-state index is 5.40. The van der Waals surface area contributed by atoms with Crippen molar-refractivity contribution in [3.05, 3.63) is 102 Å². The molecule has 192 valence electrons. The summed E-state index contributed by atoms with van der Waals surface area (Å²) >= 11 is 1.77. The quantitative estimate of drug-likeness (QED) is 0.229. The molecule has 7 aromatic rings. The van der Waals surface area contributed by atoms with Crippen LogP contribution >= 0.6 is 11.3 Å². The molecule has 0 atom stereocenters. The molecule has 0 unspecified atom stereocenters. The van der Waals surface area contributed by atoms with Crippen molar-refractivity contribution in [2.75, 3.05) is 0 Å². The highest BCUT2D eigenvalue weighted by molar-refractivity contribution is 7.26. The zero-order chi connectivity index (χ0) is 26.8. The summed E-state index contributed by atoms with van der Waals surface area (Å²) in [6.07, 6.45) is 0. The fourth-order valence-corrected chi connectivity index (χ4v) is 7.12. The van der Waals surface area contributed by atoms with Gasteiger partial charge in [0, 0.05) is 26.7 Å². The van der Waals surface area contributed by atoms with Crippen molar-refractivity contribution < 1.29 is 0 Å². The molecule has 0 saturated carbocycles. The summed E-state index contributed by atoms with van der Waals surface area (Å²) in [7, 11) is 0. The van der Waals surface area contributed by atoms with Crippen molar-refractivity contribution in [3.63, 3.8) is 0 Å². The summed E-state index contributed by atoms with van der Waals surface area (Å²) in [5.41, 5.74) is 8.31. The molecule has 3 heterocycles. The molecule has 3 nitrogen and oxygen atoms in total. The van der Waals surface area contributed by atoms with Crippen LogP contribution in [0.3, 0.4) is 0 Å². The first-order chi connectivity index (χ1) is 18.9. The van der Waals surface area contributed by atoms with Gasteiger partial charge in [-0.25, -0.2) is 9.97 Å². The van der Waals surface area contributed by atoms with Crippen LogP contribution in [0, 0.1) is 6.92 Å². The molecule has 0 saturated heterocycles. The minimum atomic E-state index is 0.372. The number of benzene rings is 4. The lowest BCUT2D eigenvalue weighted by Gasteiger charge is -2.22. The number of nitrogens with zero attached hydrogens (tertiary/aromatic N) is 3. The Morgan fingerprint density at radius 3 is 2.10 bits per heavy atom. The first-order valence-corrected chi connectivity index (χ1v) is 14.6. The van der Waals surface area contributed by atoms with Crippen molar-refractivity contribution in [2.24, 2.45) is 0 Å². The molecule has 0 bridgehead atoms. The van der Waals surface area contributed by atoms with E-state index >= 15 is 0 Å². The maximum atomic E-state index is 5.40. The van der Waals surface area contributed by atoms with E-state index in [2.05, 4.69) is 124 Å². The van der Waals surface area contributed by atoms with E-state index in [1.807, 2.05) is 0 Å².